The Morgan fingerprint density at radius 2 is 1.77 bits per heavy atom. The molecule has 0 saturated carbocycles. The van der Waals surface area contributed by atoms with Crippen molar-refractivity contribution in [2.24, 2.45) is 0 Å². The van der Waals surface area contributed by atoms with Gasteiger partial charge in [0.15, 0.2) is 17.4 Å². The van der Waals surface area contributed by atoms with Crippen LogP contribution in [0.5, 0.6) is 11.6 Å². The number of nitrogens with one attached hydrogen (secondary N) is 1. The number of piperazine rings is 1. The molecule has 7 nitrogen and oxygen atoms in total. The summed E-state index contributed by atoms with van der Waals surface area (Å²) in [5.41, 5.74) is 3.51. The number of ether oxygens (including phenoxy) is 1. The van der Waals surface area contributed by atoms with E-state index >= 15 is 4.39 Å². The quantitative estimate of drug-likeness (QED) is 0.524. The van der Waals surface area contributed by atoms with Crippen molar-refractivity contribution in [2.45, 2.75) is 26.8 Å². The fraction of sp³-hybridized carbons (Fsp3) is 0.346. The summed E-state index contributed by atoms with van der Waals surface area (Å²) in [5.74, 6) is -1.44. The van der Waals surface area contributed by atoms with Crippen molar-refractivity contribution in [3.05, 3.63) is 70.7 Å². The highest BCUT2D eigenvalue weighted by Gasteiger charge is 2.21. The van der Waals surface area contributed by atoms with Crippen LogP contribution in [-0.4, -0.2) is 57.5 Å². The maximum absolute atomic E-state index is 15.1. The molecule has 2 aliphatic rings. The van der Waals surface area contributed by atoms with Crippen molar-refractivity contribution in [3.8, 4) is 11.6 Å². The molecule has 0 unspecified atom stereocenters. The molecule has 1 saturated heterocycles. The highest BCUT2D eigenvalue weighted by atomic mass is 19.1. The van der Waals surface area contributed by atoms with Crippen LogP contribution in [-0.2, 0) is 13.0 Å². The Labute approximate surface area is 203 Å². The highest BCUT2D eigenvalue weighted by Crippen LogP contribution is 2.35. The van der Waals surface area contributed by atoms with Crippen LogP contribution in [0, 0.1) is 11.6 Å². The summed E-state index contributed by atoms with van der Waals surface area (Å²) >= 11 is 0. The highest BCUT2D eigenvalue weighted by molar-refractivity contribution is 5.66. The SMILES string of the molecule is CCN1CCN(Cc2ccc(Nc3ncnc(Oc4ccc5c(c4F)C=C(C)C5)c3F)nc2)CC1. The molecule has 182 valence electrons. The number of fused-ring (bicyclic) bond motifs is 1. The second-order valence-corrected chi connectivity index (χ2v) is 8.95. The lowest BCUT2D eigenvalue weighted by molar-refractivity contribution is 0.132. The predicted octanol–water partition coefficient (Wildman–Crippen LogP) is 4.78. The van der Waals surface area contributed by atoms with Gasteiger partial charge in [-0.2, -0.15) is 9.37 Å². The summed E-state index contributed by atoms with van der Waals surface area (Å²) in [4.78, 5) is 17.1. The lowest BCUT2D eigenvalue weighted by Gasteiger charge is -2.33. The van der Waals surface area contributed by atoms with Gasteiger partial charge in [-0.15, -0.1) is 0 Å². The number of hydrogen-bond donors (Lipinski definition) is 1. The van der Waals surface area contributed by atoms with E-state index in [2.05, 4.69) is 37.0 Å². The van der Waals surface area contributed by atoms with E-state index in [0.717, 1.165) is 56.0 Å². The Bertz CT molecular complexity index is 1240. The molecule has 0 atom stereocenters. The smallest absolute Gasteiger partial charge is 0.261 e. The van der Waals surface area contributed by atoms with Crippen LogP contribution in [0.15, 0.2) is 42.4 Å². The van der Waals surface area contributed by atoms with Gasteiger partial charge in [-0.05, 0) is 43.1 Å². The van der Waals surface area contributed by atoms with E-state index in [0.29, 0.717) is 17.8 Å². The summed E-state index contributed by atoms with van der Waals surface area (Å²) in [6, 6.07) is 7.04. The maximum Gasteiger partial charge on any atom is 0.261 e. The lowest BCUT2D eigenvalue weighted by atomic mass is 10.1. The third-order valence-electron chi connectivity index (χ3n) is 6.45. The Morgan fingerprint density at radius 3 is 2.51 bits per heavy atom. The van der Waals surface area contributed by atoms with Crippen LogP contribution >= 0.6 is 0 Å². The van der Waals surface area contributed by atoms with Gasteiger partial charge in [0, 0.05) is 44.5 Å². The van der Waals surface area contributed by atoms with Crippen molar-refractivity contribution in [1.29, 1.82) is 0 Å². The molecule has 1 N–H and O–H groups in total. The fourth-order valence-electron chi connectivity index (χ4n) is 4.45. The van der Waals surface area contributed by atoms with Crippen LogP contribution in [0.4, 0.5) is 20.4 Å². The molecule has 5 rings (SSSR count). The largest absolute Gasteiger partial charge is 0.433 e. The summed E-state index contributed by atoms with van der Waals surface area (Å²) < 4.78 is 35.5. The van der Waals surface area contributed by atoms with E-state index in [9.17, 15) is 4.39 Å². The first kappa shape index (κ1) is 23.3. The molecule has 9 heteroatoms. The summed E-state index contributed by atoms with van der Waals surface area (Å²) in [7, 11) is 0. The molecule has 0 radical (unpaired) electrons. The Morgan fingerprint density at radius 1 is 0.971 bits per heavy atom. The van der Waals surface area contributed by atoms with Crippen LogP contribution in [0.3, 0.4) is 0 Å². The lowest BCUT2D eigenvalue weighted by Crippen LogP contribution is -2.45. The Balaban J connectivity index is 1.25. The number of benzene rings is 1. The number of anilines is 2. The first-order valence-corrected chi connectivity index (χ1v) is 11.8. The summed E-state index contributed by atoms with van der Waals surface area (Å²) in [6.45, 7) is 10.3. The summed E-state index contributed by atoms with van der Waals surface area (Å²) in [6.07, 6.45) is 5.42. The van der Waals surface area contributed by atoms with Crippen LogP contribution in [0.2, 0.25) is 0 Å². The predicted molar refractivity (Wildman–Crippen MR) is 131 cm³/mol. The van der Waals surface area contributed by atoms with Crippen molar-refractivity contribution < 1.29 is 13.5 Å². The number of allylic oxidation sites excluding steroid dienone is 1. The van der Waals surface area contributed by atoms with Crippen molar-refractivity contribution in [1.82, 2.24) is 24.8 Å². The molecule has 3 aromatic rings. The van der Waals surface area contributed by atoms with Crippen molar-refractivity contribution in [2.75, 3.05) is 38.0 Å². The monoisotopic (exact) mass is 478 g/mol. The Kier molecular flexibility index (Phi) is 6.70. The molecule has 35 heavy (non-hydrogen) atoms. The van der Waals surface area contributed by atoms with Crippen LogP contribution in [0.1, 0.15) is 30.5 Å². The molecular formula is C26H28F2N6O. The third-order valence-corrected chi connectivity index (χ3v) is 6.45. The number of pyridine rings is 1. The van der Waals surface area contributed by atoms with Crippen molar-refractivity contribution >= 4 is 17.7 Å². The first-order valence-electron chi connectivity index (χ1n) is 11.8. The number of hydrogen-bond acceptors (Lipinski definition) is 7. The van der Waals surface area contributed by atoms with Gasteiger partial charge in [-0.3, -0.25) is 4.90 Å². The maximum atomic E-state index is 15.1. The van der Waals surface area contributed by atoms with Crippen LogP contribution in [0.25, 0.3) is 6.08 Å². The number of rotatable bonds is 7. The molecule has 2 aromatic heterocycles. The van der Waals surface area contributed by atoms with Gasteiger partial charge in [0.1, 0.15) is 12.1 Å². The van der Waals surface area contributed by atoms with E-state index in [-0.39, 0.29) is 17.4 Å². The van der Waals surface area contributed by atoms with E-state index in [1.54, 1.807) is 24.4 Å². The number of likely N-dealkylation sites (N-methyl/N-ethyl adjacent to an activating group) is 1. The number of aromatic nitrogens is 3. The summed E-state index contributed by atoms with van der Waals surface area (Å²) in [5, 5.41) is 2.86. The van der Waals surface area contributed by atoms with Gasteiger partial charge in [-0.1, -0.05) is 30.7 Å². The molecule has 1 aromatic carbocycles. The van der Waals surface area contributed by atoms with Crippen molar-refractivity contribution in [3.63, 3.8) is 0 Å². The zero-order chi connectivity index (χ0) is 24.4. The molecule has 1 aliphatic carbocycles. The number of halogens is 2. The van der Waals surface area contributed by atoms with E-state index < -0.39 is 11.6 Å². The van der Waals surface area contributed by atoms with E-state index in [1.807, 2.05) is 13.0 Å². The second kappa shape index (κ2) is 10.1. The van der Waals surface area contributed by atoms with Gasteiger partial charge in [0.25, 0.3) is 5.88 Å². The molecule has 1 aliphatic heterocycles. The second-order valence-electron chi connectivity index (χ2n) is 8.95. The third kappa shape index (κ3) is 5.16. The van der Waals surface area contributed by atoms with Gasteiger partial charge in [-0.25, -0.2) is 14.4 Å². The molecule has 1 fully saturated rings. The van der Waals surface area contributed by atoms with E-state index in [1.165, 1.54) is 12.4 Å². The topological polar surface area (TPSA) is 66.4 Å². The van der Waals surface area contributed by atoms with Crippen LogP contribution < -0.4 is 10.1 Å². The Hall–Kier alpha value is -3.43. The minimum atomic E-state index is -0.821. The first-order chi connectivity index (χ1) is 17.0. The van der Waals surface area contributed by atoms with E-state index in [4.69, 9.17) is 4.74 Å². The zero-order valence-electron chi connectivity index (χ0n) is 19.9. The minimum absolute atomic E-state index is 0.0829. The molecule has 0 bridgehead atoms. The fourth-order valence-corrected chi connectivity index (χ4v) is 4.45. The van der Waals surface area contributed by atoms with Gasteiger partial charge in [0.2, 0.25) is 5.82 Å². The molecule has 3 heterocycles. The normalized spacial score (nSPS) is 16.2. The van der Waals surface area contributed by atoms with Gasteiger partial charge < -0.3 is 15.0 Å². The molecule has 0 spiro atoms. The molecule has 0 amide bonds. The zero-order valence-corrected chi connectivity index (χ0v) is 19.9. The number of nitrogens with zero attached hydrogens (tertiary/aromatic N) is 5. The average Bonchev–Trinajstić information content (AvgIpc) is 3.26. The van der Waals surface area contributed by atoms with Gasteiger partial charge >= 0.3 is 0 Å². The molecular weight excluding hydrogens is 450 g/mol. The average molecular weight is 479 g/mol. The van der Waals surface area contributed by atoms with Gasteiger partial charge in [0.05, 0.1) is 0 Å². The minimum Gasteiger partial charge on any atom is -0.433 e. The standard InChI is InChI=1S/C26H28F2N6O/c1-3-33-8-10-34(11-9-33)15-18-4-7-22(29-14-18)32-25-24(28)26(31-16-30-25)35-21-6-5-19-12-17(2)13-20(19)23(21)27/h4-7,13-14,16H,3,8-12,15H2,1-2H3,(H,29,30,31,32).